The lowest BCUT2D eigenvalue weighted by atomic mass is 10.1. The summed E-state index contributed by atoms with van der Waals surface area (Å²) in [4.78, 5) is 6.95. The molecule has 0 bridgehead atoms. The summed E-state index contributed by atoms with van der Waals surface area (Å²) in [6.07, 6.45) is 3.02. The zero-order chi connectivity index (χ0) is 9.97. The van der Waals surface area contributed by atoms with Crippen LogP contribution in [0.1, 0.15) is 17.7 Å². The lowest BCUT2D eigenvalue weighted by Gasteiger charge is -2.31. The smallest absolute Gasteiger partial charge is 0.123 e. The van der Waals surface area contributed by atoms with Crippen molar-refractivity contribution in [3.8, 4) is 0 Å². The molecule has 1 aromatic rings. The number of likely N-dealkylation sites (tertiary alicyclic amines) is 1. The van der Waals surface area contributed by atoms with Crippen molar-refractivity contribution in [2.45, 2.75) is 13.0 Å². The monoisotopic (exact) mass is 207 g/mol. The summed E-state index contributed by atoms with van der Waals surface area (Å²) >= 11 is 4.95. The molecule has 2 heterocycles. The first-order chi connectivity index (χ1) is 6.77. The first-order valence-corrected chi connectivity index (χ1v) is 5.14. The topological polar surface area (TPSA) is 42.1 Å². The summed E-state index contributed by atoms with van der Waals surface area (Å²) in [5.41, 5.74) is 7.51. The molecule has 1 aliphatic heterocycles. The molecule has 0 aliphatic carbocycles. The van der Waals surface area contributed by atoms with Crippen molar-refractivity contribution in [1.29, 1.82) is 0 Å². The van der Waals surface area contributed by atoms with Gasteiger partial charge in [0, 0.05) is 12.7 Å². The number of rotatable bonds is 3. The van der Waals surface area contributed by atoms with Crippen molar-refractivity contribution in [2.75, 3.05) is 13.1 Å². The first kappa shape index (κ1) is 9.55. The Hall–Kier alpha value is -1.00. The number of aromatic nitrogens is 1. The van der Waals surface area contributed by atoms with Gasteiger partial charge in [-0.25, -0.2) is 0 Å². The van der Waals surface area contributed by atoms with Crippen LogP contribution < -0.4 is 5.73 Å². The molecule has 74 valence electrons. The van der Waals surface area contributed by atoms with Crippen molar-refractivity contribution in [3.05, 3.63) is 29.6 Å². The lowest BCUT2D eigenvalue weighted by molar-refractivity contribution is 0.172. The van der Waals surface area contributed by atoms with Crippen LogP contribution in [0.3, 0.4) is 0 Å². The highest BCUT2D eigenvalue weighted by Crippen LogP contribution is 2.14. The van der Waals surface area contributed by atoms with Crippen LogP contribution in [0.25, 0.3) is 0 Å². The number of hydrogen-bond donors (Lipinski definition) is 1. The molecule has 0 spiro atoms. The molecule has 1 fully saturated rings. The molecular weight excluding hydrogens is 194 g/mol. The van der Waals surface area contributed by atoms with Gasteiger partial charge in [0.05, 0.1) is 0 Å². The molecule has 0 unspecified atom stereocenters. The SMILES string of the molecule is NC(=S)c1ncccc1CN1CCC1. The van der Waals surface area contributed by atoms with Crippen LogP contribution in [0.15, 0.2) is 18.3 Å². The average molecular weight is 207 g/mol. The second kappa shape index (κ2) is 4.02. The lowest BCUT2D eigenvalue weighted by Crippen LogP contribution is -2.37. The van der Waals surface area contributed by atoms with Crippen LogP contribution in [-0.2, 0) is 6.54 Å². The van der Waals surface area contributed by atoms with Gasteiger partial charge in [-0.1, -0.05) is 18.3 Å². The maximum atomic E-state index is 5.60. The summed E-state index contributed by atoms with van der Waals surface area (Å²) in [6.45, 7) is 3.26. The highest BCUT2D eigenvalue weighted by atomic mass is 32.1. The molecule has 1 aromatic heterocycles. The molecule has 3 nitrogen and oxygen atoms in total. The van der Waals surface area contributed by atoms with E-state index in [-0.39, 0.29) is 0 Å². The molecule has 0 amide bonds. The summed E-state index contributed by atoms with van der Waals surface area (Å²) < 4.78 is 0. The van der Waals surface area contributed by atoms with Gasteiger partial charge >= 0.3 is 0 Å². The van der Waals surface area contributed by atoms with E-state index < -0.39 is 0 Å². The third kappa shape index (κ3) is 1.91. The van der Waals surface area contributed by atoms with Crippen molar-refractivity contribution in [2.24, 2.45) is 5.73 Å². The quantitative estimate of drug-likeness (QED) is 0.748. The molecule has 0 aromatic carbocycles. The van der Waals surface area contributed by atoms with Gasteiger partial charge in [0.15, 0.2) is 0 Å². The first-order valence-electron chi connectivity index (χ1n) is 4.73. The third-order valence-electron chi connectivity index (χ3n) is 2.47. The predicted octanol–water partition coefficient (Wildman–Crippen LogP) is 0.921. The van der Waals surface area contributed by atoms with Gasteiger partial charge in [0.25, 0.3) is 0 Å². The molecular formula is C10H13N3S. The maximum Gasteiger partial charge on any atom is 0.123 e. The van der Waals surface area contributed by atoms with E-state index >= 15 is 0 Å². The van der Waals surface area contributed by atoms with Gasteiger partial charge in [-0.3, -0.25) is 9.88 Å². The van der Waals surface area contributed by atoms with E-state index in [1.807, 2.05) is 12.1 Å². The summed E-state index contributed by atoms with van der Waals surface area (Å²) in [5, 5.41) is 0. The Morgan fingerprint density at radius 3 is 2.93 bits per heavy atom. The fourth-order valence-corrected chi connectivity index (χ4v) is 1.75. The zero-order valence-electron chi connectivity index (χ0n) is 7.94. The maximum absolute atomic E-state index is 5.60. The molecule has 2 N–H and O–H groups in total. The minimum Gasteiger partial charge on any atom is -0.388 e. The number of pyridine rings is 1. The zero-order valence-corrected chi connectivity index (χ0v) is 8.76. The van der Waals surface area contributed by atoms with Crippen LogP contribution in [0.5, 0.6) is 0 Å². The number of hydrogen-bond acceptors (Lipinski definition) is 3. The number of nitrogens with two attached hydrogens (primary N) is 1. The van der Waals surface area contributed by atoms with Crippen LogP contribution in [0.2, 0.25) is 0 Å². The Balaban J connectivity index is 2.17. The Labute approximate surface area is 88.9 Å². The largest absolute Gasteiger partial charge is 0.388 e. The normalized spacial score (nSPS) is 16.3. The van der Waals surface area contributed by atoms with Crippen LogP contribution in [0.4, 0.5) is 0 Å². The van der Waals surface area contributed by atoms with E-state index in [1.54, 1.807) is 6.20 Å². The number of nitrogens with zero attached hydrogens (tertiary/aromatic N) is 2. The van der Waals surface area contributed by atoms with Crippen LogP contribution in [-0.4, -0.2) is 28.0 Å². The van der Waals surface area contributed by atoms with E-state index in [9.17, 15) is 0 Å². The highest BCUT2D eigenvalue weighted by Gasteiger charge is 2.16. The molecule has 2 rings (SSSR count). The summed E-state index contributed by atoms with van der Waals surface area (Å²) in [6, 6.07) is 3.97. The molecule has 0 radical (unpaired) electrons. The number of thiocarbonyl (C=S) groups is 1. The highest BCUT2D eigenvalue weighted by molar-refractivity contribution is 7.80. The molecule has 0 saturated carbocycles. The van der Waals surface area contributed by atoms with E-state index in [0.29, 0.717) is 4.99 Å². The van der Waals surface area contributed by atoms with E-state index in [2.05, 4.69) is 9.88 Å². The van der Waals surface area contributed by atoms with Crippen molar-refractivity contribution < 1.29 is 0 Å². The van der Waals surface area contributed by atoms with Crippen molar-refractivity contribution in [1.82, 2.24) is 9.88 Å². The van der Waals surface area contributed by atoms with E-state index in [1.165, 1.54) is 19.5 Å². The second-order valence-electron chi connectivity index (χ2n) is 3.51. The molecule has 14 heavy (non-hydrogen) atoms. The summed E-state index contributed by atoms with van der Waals surface area (Å²) in [7, 11) is 0. The Morgan fingerprint density at radius 2 is 2.36 bits per heavy atom. The third-order valence-corrected chi connectivity index (χ3v) is 2.66. The second-order valence-corrected chi connectivity index (χ2v) is 3.94. The van der Waals surface area contributed by atoms with Crippen molar-refractivity contribution in [3.63, 3.8) is 0 Å². The van der Waals surface area contributed by atoms with E-state index in [0.717, 1.165) is 17.8 Å². The van der Waals surface area contributed by atoms with Crippen LogP contribution >= 0.6 is 12.2 Å². The molecule has 1 saturated heterocycles. The summed E-state index contributed by atoms with van der Waals surface area (Å²) in [5.74, 6) is 0. The molecule has 1 aliphatic rings. The molecule has 0 atom stereocenters. The molecule has 4 heteroatoms. The van der Waals surface area contributed by atoms with Crippen molar-refractivity contribution >= 4 is 17.2 Å². The standard InChI is InChI=1S/C10H13N3S/c11-10(14)9-8(3-1-4-12-9)7-13-5-2-6-13/h1,3-4H,2,5-7H2,(H2,11,14). The fourth-order valence-electron chi connectivity index (χ4n) is 1.57. The van der Waals surface area contributed by atoms with Gasteiger partial charge in [-0.05, 0) is 31.1 Å². The van der Waals surface area contributed by atoms with Gasteiger partial charge in [0.2, 0.25) is 0 Å². The average Bonchev–Trinajstić information content (AvgIpc) is 2.12. The van der Waals surface area contributed by atoms with E-state index in [4.69, 9.17) is 18.0 Å². The van der Waals surface area contributed by atoms with Crippen LogP contribution in [0, 0.1) is 0 Å². The van der Waals surface area contributed by atoms with Gasteiger partial charge in [0.1, 0.15) is 10.7 Å². The predicted molar refractivity (Wildman–Crippen MR) is 60.0 cm³/mol. The minimum absolute atomic E-state index is 0.390. The van der Waals surface area contributed by atoms with Gasteiger partial charge in [-0.2, -0.15) is 0 Å². The fraction of sp³-hybridized carbons (Fsp3) is 0.400. The van der Waals surface area contributed by atoms with Gasteiger partial charge < -0.3 is 5.73 Å². The Kier molecular flexibility index (Phi) is 2.74. The minimum atomic E-state index is 0.390. The van der Waals surface area contributed by atoms with Gasteiger partial charge in [-0.15, -0.1) is 0 Å². The Bertz CT molecular complexity index is 347. The Morgan fingerprint density at radius 1 is 1.57 bits per heavy atom.